The maximum atomic E-state index is 15.4. The van der Waals surface area contributed by atoms with Crippen LogP contribution in [0.4, 0.5) is 0 Å². The number of esters is 8. The first-order valence-electron chi connectivity index (χ1n) is 45.4. The number of benzene rings is 6. The van der Waals surface area contributed by atoms with Crippen LogP contribution in [0.3, 0.4) is 0 Å². The summed E-state index contributed by atoms with van der Waals surface area (Å²) >= 11 is 0. The highest BCUT2D eigenvalue weighted by Crippen LogP contribution is 2.57. The van der Waals surface area contributed by atoms with Crippen LogP contribution in [0.25, 0.3) is 53.9 Å². The summed E-state index contributed by atoms with van der Waals surface area (Å²) in [5.74, 6) is -10.00. The van der Waals surface area contributed by atoms with E-state index < -0.39 is 96.6 Å². The molecule has 24 nitrogen and oxygen atoms in total. The molecule has 0 fully saturated rings. The lowest BCUT2D eigenvalue weighted by Crippen LogP contribution is -2.29. The van der Waals surface area contributed by atoms with Gasteiger partial charge in [0.25, 0.3) is 0 Å². The quantitative estimate of drug-likeness (QED) is 0.0113. The predicted molar refractivity (Wildman–Crippen MR) is 467 cm³/mol. The summed E-state index contributed by atoms with van der Waals surface area (Å²) in [6.07, 6.45) is 17.4. The zero-order valence-electron chi connectivity index (χ0n) is 75.2. The van der Waals surface area contributed by atoms with Gasteiger partial charge in [0.15, 0.2) is 94.8 Å². The second-order valence-corrected chi connectivity index (χ2v) is 31.7. The van der Waals surface area contributed by atoms with Crippen molar-refractivity contribution in [3.8, 4) is 46.0 Å². The van der Waals surface area contributed by atoms with Gasteiger partial charge < -0.3 is 75.8 Å². The monoisotopic (exact) mass is 1680 g/mol. The molecule has 0 aliphatic carbocycles. The van der Waals surface area contributed by atoms with Gasteiger partial charge in [-0.2, -0.15) is 0 Å². The Bertz CT molecular complexity index is 3890. The highest BCUT2D eigenvalue weighted by Gasteiger charge is 2.36. The zero-order valence-corrected chi connectivity index (χ0v) is 75.2. The molecule has 0 saturated heterocycles. The van der Waals surface area contributed by atoms with Gasteiger partial charge in [0.1, 0.15) is 0 Å². The molecule has 0 bridgehead atoms. The largest absolute Gasteiger partial charge is 0.421 e. The summed E-state index contributed by atoms with van der Waals surface area (Å²) in [4.78, 5) is 121. The van der Waals surface area contributed by atoms with Crippen molar-refractivity contribution in [1.82, 2.24) is 0 Å². The topological polar surface area (TPSA) is 284 Å². The average Bonchev–Trinajstić information content (AvgIpc) is 0.682. The van der Waals surface area contributed by atoms with Gasteiger partial charge in [-0.1, -0.05) is 209 Å². The fourth-order valence-electron chi connectivity index (χ4n) is 13.8. The van der Waals surface area contributed by atoms with Gasteiger partial charge >= 0.3 is 47.8 Å². The van der Waals surface area contributed by atoms with Gasteiger partial charge in [0.05, 0.1) is 0 Å². The van der Waals surface area contributed by atoms with Gasteiger partial charge in [-0.25, -0.2) is 38.4 Å². The normalized spacial score (nSPS) is 13.8. The second-order valence-electron chi connectivity index (χ2n) is 31.7. The van der Waals surface area contributed by atoms with Crippen molar-refractivity contribution in [2.45, 2.75) is 365 Å². The molecule has 24 heteroatoms. The Morgan fingerprint density at radius 1 is 0.192 bits per heavy atom. The molecular weight excluding hydrogens is 1540 g/mol. The van der Waals surface area contributed by atoms with Crippen LogP contribution in [0.5, 0.6) is 46.0 Å². The number of unbranched alkanes of at least 4 members (excludes halogenated alkanes) is 24. The van der Waals surface area contributed by atoms with E-state index in [0.717, 1.165) is 154 Å². The zero-order chi connectivity index (χ0) is 87.5. The lowest BCUT2D eigenvalue weighted by Gasteiger charge is -2.26. The SMILES string of the molecule is CCCCCCO[C@@H](C)C(=O)Oc1cc2c(cc1OC(=O)[C@H](C)OCCCCCC)c1c(OC(=O)[C@H](C)OCCCCCC)c(OC(=O)[C@H](C)OCCCCCC)cc3c4cc(OC(=O)[C@H](C)OCCCCCC)c(OC(=O)[C@H](C)OCCCCCC)cc4c4c(OC(=O)[C@H](C)OCCCCCC)c(OC(=O)[C@H](C)OCCCCCC)cc2c4c31. The van der Waals surface area contributed by atoms with Crippen LogP contribution in [0.15, 0.2) is 36.4 Å². The van der Waals surface area contributed by atoms with Crippen molar-refractivity contribution < 1.29 is 114 Å². The fourth-order valence-corrected chi connectivity index (χ4v) is 13.8. The summed E-state index contributed by atoms with van der Waals surface area (Å²) in [7, 11) is 0. The molecule has 670 valence electrons. The van der Waals surface area contributed by atoms with Crippen LogP contribution < -0.4 is 37.9 Å². The molecule has 0 N–H and O–H groups in total. The van der Waals surface area contributed by atoms with Gasteiger partial charge in [0, 0.05) is 74.4 Å². The van der Waals surface area contributed by atoms with Gasteiger partial charge in [-0.3, -0.25) is 0 Å². The van der Waals surface area contributed by atoms with Gasteiger partial charge in [0.2, 0.25) is 0 Å². The summed E-state index contributed by atoms with van der Waals surface area (Å²) in [6, 6.07) is 8.67. The van der Waals surface area contributed by atoms with E-state index in [-0.39, 0.29) is 153 Å². The van der Waals surface area contributed by atoms with Crippen LogP contribution >= 0.6 is 0 Å². The number of rotatable bonds is 64. The third-order valence-electron chi connectivity index (χ3n) is 21.3. The molecule has 120 heavy (non-hydrogen) atoms. The Balaban J connectivity index is 1.97. The number of fused-ring (bicyclic) bond motifs is 6. The highest BCUT2D eigenvalue weighted by atomic mass is 16.6. The van der Waals surface area contributed by atoms with Crippen LogP contribution in [0.2, 0.25) is 0 Å². The first-order valence-corrected chi connectivity index (χ1v) is 45.4. The Labute approximate surface area is 712 Å². The van der Waals surface area contributed by atoms with E-state index in [1.807, 2.05) is 0 Å². The average molecular weight is 1680 g/mol. The van der Waals surface area contributed by atoms with E-state index in [2.05, 4.69) is 55.4 Å². The molecule has 0 aliphatic heterocycles. The Morgan fingerprint density at radius 2 is 0.342 bits per heavy atom. The summed E-state index contributed by atoms with van der Waals surface area (Å²) < 4.78 is 102. The minimum absolute atomic E-state index is 0.0273. The molecular formula is C96H142O24. The summed E-state index contributed by atoms with van der Waals surface area (Å²) in [6.45, 7) is 30.6. The van der Waals surface area contributed by atoms with Crippen molar-refractivity contribution in [3.05, 3.63) is 36.4 Å². The second kappa shape index (κ2) is 55.4. The number of carbonyl (C=O) groups is 8. The number of ether oxygens (including phenoxy) is 16. The molecule has 6 rings (SSSR count). The lowest BCUT2D eigenvalue weighted by molar-refractivity contribution is -0.149. The van der Waals surface area contributed by atoms with Crippen molar-refractivity contribution in [3.63, 3.8) is 0 Å². The van der Waals surface area contributed by atoms with Crippen LogP contribution in [0.1, 0.15) is 316 Å². The van der Waals surface area contributed by atoms with Gasteiger partial charge in [-0.05, 0) is 175 Å². The number of hydrogen-bond acceptors (Lipinski definition) is 24. The van der Waals surface area contributed by atoms with E-state index in [9.17, 15) is 19.2 Å². The molecule has 0 radical (unpaired) electrons. The highest BCUT2D eigenvalue weighted by molar-refractivity contribution is 6.43. The maximum Gasteiger partial charge on any atom is 0.340 e. The van der Waals surface area contributed by atoms with E-state index >= 15 is 19.2 Å². The van der Waals surface area contributed by atoms with Crippen molar-refractivity contribution in [1.29, 1.82) is 0 Å². The first-order chi connectivity index (χ1) is 57.9. The number of carbonyl (C=O) groups excluding carboxylic acids is 8. The van der Waals surface area contributed by atoms with Crippen LogP contribution in [-0.4, -0.2) is 149 Å². The lowest BCUT2D eigenvalue weighted by atomic mass is 9.84. The molecule has 0 aliphatic rings. The van der Waals surface area contributed by atoms with Crippen molar-refractivity contribution in [2.75, 3.05) is 52.9 Å². The van der Waals surface area contributed by atoms with E-state index in [4.69, 9.17) is 75.8 Å². The summed E-state index contributed by atoms with van der Waals surface area (Å²) in [5, 5.41) is 0.936. The predicted octanol–water partition coefficient (Wildman–Crippen LogP) is 22.0. The fraction of sp³-hybridized carbons (Fsp3) is 0.667. The molecule has 0 heterocycles. The summed E-state index contributed by atoms with van der Waals surface area (Å²) in [5.41, 5.74) is 0. The molecule has 0 spiro atoms. The molecule has 0 amide bonds. The molecule has 6 aromatic rings. The van der Waals surface area contributed by atoms with Crippen LogP contribution in [-0.2, 0) is 76.3 Å². The smallest absolute Gasteiger partial charge is 0.340 e. The van der Waals surface area contributed by atoms with Crippen molar-refractivity contribution in [2.24, 2.45) is 0 Å². The van der Waals surface area contributed by atoms with E-state index in [1.54, 1.807) is 41.5 Å². The first kappa shape index (κ1) is 101. The minimum atomic E-state index is -1.26. The van der Waals surface area contributed by atoms with Crippen molar-refractivity contribution >= 4 is 102 Å². The van der Waals surface area contributed by atoms with Gasteiger partial charge in [-0.15, -0.1) is 0 Å². The Morgan fingerprint density at radius 3 is 0.525 bits per heavy atom. The molecule has 0 saturated carbocycles. The molecule has 0 aromatic heterocycles. The minimum Gasteiger partial charge on any atom is -0.421 e. The Hall–Kier alpha value is -7.68. The van der Waals surface area contributed by atoms with E-state index in [1.165, 1.54) is 50.2 Å². The third kappa shape index (κ3) is 31.6. The Kier molecular flexibility index (Phi) is 46.7. The van der Waals surface area contributed by atoms with E-state index in [0.29, 0.717) is 51.4 Å². The maximum absolute atomic E-state index is 15.4. The third-order valence-corrected chi connectivity index (χ3v) is 21.3. The van der Waals surface area contributed by atoms with Crippen LogP contribution in [0, 0.1) is 0 Å². The molecule has 0 unspecified atom stereocenters. The molecule has 8 atom stereocenters. The molecule has 6 aromatic carbocycles. The standard InChI is InChI=1S/C96H142O24/c1-17-25-33-41-49-105-63(9)89(97)113-77-57-71-73-61-81(117-93(101)67(13)109-53-45-37-29-21-5)88(120-96(104)70(16)112-56-48-40-32-24-8)86-76-60-80(116-92(100)66(12)108-52-44-36-28-20-4)78(114-90(98)64(10)106-50-42-34-26-18-2)58-72(76)74-62-82(118-94(102)68(14)110-54-46-38-30-22-6)87(119-95(103)69(15)111-55-47-39-31-23-7)85(84(74)83(73)86)75(71)59-79(77)115-91(99)65(11)107-51-43-35-27-19-3/h57-70H,17-56H2,1-16H3/t63-,64-,65-,66-,67-,68-,69-,70-/m0/s1. The number of hydrogen-bond donors (Lipinski definition) is 0.